The van der Waals surface area contributed by atoms with Gasteiger partial charge in [0.25, 0.3) is 5.91 Å². The molecular weight excluding hydrogens is 218 g/mol. The van der Waals surface area contributed by atoms with E-state index < -0.39 is 0 Å². The first-order valence-corrected chi connectivity index (χ1v) is 6.25. The largest absolute Gasteiger partial charge is 0.448 e. The summed E-state index contributed by atoms with van der Waals surface area (Å²) in [5, 5.41) is 6.09. The Morgan fingerprint density at radius 1 is 1.71 bits per heavy atom. The molecule has 2 rings (SSSR count). The summed E-state index contributed by atoms with van der Waals surface area (Å²) in [6, 6.07) is 0. The highest BCUT2D eigenvalue weighted by molar-refractivity contribution is 5.91. The molecule has 5 heteroatoms. The summed E-state index contributed by atoms with van der Waals surface area (Å²) in [4.78, 5) is 15.9. The fourth-order valence-corrected chi connectivity index (χ4v) is 1.97. The molecule has 1 aromatic heterocycles. The first kappa shape index (κ1) is 12.1. The van der Waals surface area contributed by atoms with Gasteiger partial charge in [0.15, 0.2) is 11.6 Å². The fourth-order valence-electron chi connectivity index (χ4n) is 1.97. The number of carbonyl (C=O) groups is 1. The maximum absolute atomic E-state index is 11.7. The summed E-state index contributed by atoms with van der Waals surface area (Å²) < 4.78 is 5.39. The molecule has 17 heavy (non-hydrogen) atoms. The number of aromatic nitrogens is 1. The van der Waals surface area contributed by atoms with Gasteiger partial charge in [0.1, 0.15) is 6.26 Å². The van der Waals surface area contributed by atoms with Crippen molar-refractivity contribution in [3.63, 3.8) is 0 Å². The molecule has 0 bridgehead atoms. The Labute approximate surface area is 101 Å². The Morgan fingerprint density at radius 2 is 2.59 bits per heavy atom. The molecule has 1 unspecified atom stereocenters. The third kappa shape index (κ3) is 3.06. The first-order chi connectivity index (χ1) is 8.31. The monoisotopic (exact) mass is 237 g/mol. The normalized spacial score (nSPS) is 20.2. The predicted molar refractivity (Wildman–Crippen MR) is 64.0 cm³/mol. The van der Waals surface area contributed by atoms with Crippen LogP contribution < -0.4 is 10.6 Å². The van der Waals surface area contributed by atoms with Crippen LogP contribution in [0.15, 0.2) is 10.7 Å². The zero-order chi connectivity index (χ0) is 12.1. The summed E-state index contributed by atoms with van der Waals surface area (Å²) in [5.41, 5.74) is 0.388. The molecule has 5 nitrogen and oxygen atoms in total. The lowest BCUT2D eigenvalue weighted by Gasteiger charge is -2.19. The maximum atomic E-state index is 11.7. The number of oxazole rings is 1. The van der Waals surface area contributed by atoms with Gasteiger partial charge in [-0.15, -0.1) is 0 Å². The molecule has 0 spiro atoms. The molecule has 1 aliphatic rings. The highest BCUT2D eigenvalue weighted by atomic mass is 16.3. The Kier molecular flexibility index (Phi) is 4.14. The Balaban J connectivity index is 1.97. The van der Waals surface area contributed by atoms with Crippen molar-refractivity contribution in [3.8, 4) is 0 Å². The highest BCUT2D eigenvalue weighted by Gasteiger charge is 2.21. The average Bonchev–Trinajstić information content (AvgIpc) is 2.86. The molecule has 0 aromatic carbocycles. The van der Waals surface area contributed by atoms with Crippen molar-refractivity contribution < 1.29 is 9.21 Å². The van der Waals surface area contributed by atoms with Crippen LogP contribution >= 0.6 is 0 Å². The van der Waals surface area contributed by atoms with Crippen molar-refractivity contribution >= 4 is 5.91 Å². The number of nitrogens with one attached hydrogen (secondary N) is 2. The lowest BCUT2D eigenvalue weighted by atomic mass is 10.00. The molecule has 2 N–H and O–H groups in total. The predicted octanol–water partition coefficient (Wildman–Crippen LogP) is 1.28. The summed E-state index contributed by atoms with van der Waals surface area (Å²) in [7, 11) is 0. The van der Waals surface area contributed by atoms with Crippen molar-refractivity contribution in [2.75, 3.05) is 19.6 Å². The molecule has 0 radical (unpaired) electrons. The second-order valence-corrected chi connectivity index (χ2v) is 4.37. The molecule has 0 saturated carbocycles. The van der Waals surface area contributed by atoms with E-state index in [4.69, 9.17) is 4.42 Å². The maximum Gasteiger partial charge on any atom is 0.273 e. The van der Waals surface area contributed by atoms with Gasteiger partial charge in [-0.1, -0.05) is 6.92 Å². The minimum Gasteiger partial charge on any atom is -0.448 e. The number of piperidine rings is 1. The van der Waals surface area contributed by atoms with Crippen LogP contribution in [0.5, 0.6) is 0 Å². The Hall–Kier alpha value is -1.36. The quantitative estimate of drug-likeness (QED) is 0.828. The molecule has 1 saturated heterocycles. The third-order valence-corrected chi connectivity index (χ3v) is 2.94. The third-order valence-electron chi connectivity index (χ3n) is 2.94. The van der Waals surface area contributed by atoms with E-state index in [1.807, 2.05) is 6.92 Å². The molecule has 1 atom stereocenters. The van der Waals surface area contributed by atoms with Gasteiger partial charge in [0.2, 0.25) is 0 Å². The SMILES string of the molecule is CCCNC(=O)c1coc(C2CCCNC2)n1. The molecule has 1 aromatic rings. The van der Waals surface area contributed by atoms with Gasteiger partial charge in [-0.05, 0) is 25.8 Å². The second-order valence-electron chi connectivity index (χ2n) is 4.37. The summed E-state index contributed by atoms with van der Waals surface area (Å²) in [6.07, 6.45) is 4.58. The van der Waals surface area contributed by atoms with Gasteiger partial charge in [-0.2, -0.15) is 0 Å². The number of carbonyl (C=O) groups excluding carboxylic acids is 1. The lowest BCUT2D eigenvalue weighted by Crippen LogP contribution is -2.28. The van der Waals surface area contributed by atoms with Crippen molar-refractivity contribution in [1.82, 2.24) is 15.6 Å². The molecule has 0 aliphatic carbocycles. The van der Waals surface area contributed by atoms with Crippen LogP contribution in [0.4, 0.5) is 0 Å². The number of nitrogens with zero attached hydrogens (tertiary/aromatic N) is 1. The topological polar surface area (TPSA) is 67.2 Å². The van der Waals surface area contributed by atoms with Crippen LogP contribution in [-0.4, -0.2) is 30.5 Å². The van der Waals surface area contributed by atoms with Crippen molar-refractivity contribution in [3.05, 3.63) is 17.8 Å². The highest BCUT2D eigenvalue weighted by Crippen LogP contribution is 2.22. The van der Waals surface area contributed by atoms with Crippen LogP contribution in [0.3, 0.4) is 0 Å². The van der Waals surface area contributed by atoms with Gasteiger partial charge in [0.05, 0.1) is 0 Å². The average molecular weight is 237 g/mol. The van der Waals surface area contributed by atoms with Crippen LogP contribution in [-0.2, 0) is 0 Å². The zero-order valence-corrected chi connectivity index (χ0v) is 10.2. The van der Waals surface area contributed by atoms with Gasteiger partial charge in [-0.3, -0.25) is 4.79 Å². The van der Waals surface area contributed by atoms with Crippen LogP contribution in [0.1, 0.15) is 48.5 Å². The van der Waals surface area contributed by atoms with Crippen LogP contribution in [0.25, 0.3) is 0 Å². The smallest absolute Gasteiger partial charge is 0.273 e. The number of hydrogen-bond donors (Lipinski definition) is 2. The first-order valence-electron chi connectivity index (χ1n) is 6.25. The molecule has 1 aliphatic heterocycles. The number of amides is 1. The van der Waals surface area contributed by atoms with Crippen molar-refractivity contribution in [2.24, 2.45) is 0 Å². The minimum atomic E-state index is -0.148. The van der Waals surface area contributed by atoms with E-state index >= 15 is 0 Å². The summed E-state index contributed by atoms with van der Waals surface area (Å²) in [6.45, 7) is 4.63. The van der Waals surface area contributed by atoms with E-state index in [2.05, 4.69) is 15.6 Å². The van der Waals surface area contributed by atoms with E-state index in [0.717, 1.165) is 32.4 Å². The number of hydrogen-bond acceptors (Lipinski definition) is 4. The van der Waals surface area contributed by atoms with Crippen LogP contribution in [0.2, 0.25) is 0 Å². The second kappa shape index (κ2) is 5.82. The van der Waals surface area contributed by atoms with Crippen molar-refractivity contribution in [1.29, 1.82) is 0 Å². The van der Waals surface area contributed by atoms with Gasteiger partial charge in [0, 0.05) is 19.0 Å². The summed E-state index contributed by atoms with van der Waals surface area (Å²) in [5.74, 6) is 0.834. The molecule has 1 fully saturated rings. The zero-order valence-electron chi connectivity index (χ0n) is 10.2. The number of rotatable bonds is 4. The Bertz CT molecular complexity index is 370. The van der Waals surface area contributed by atoms with E-state index in [9.17, 15) is 4.79 Å². The van der Waals surface area contributed by atoms with Crippen molar-refractivity contribution in [2.45, 2.75) is 32.1 Å². The molecule has 1 amide bonds. The standard InChI is InChI=1S/C12H19N3O2/c1-2-5-14-11(16)10-8-17-12(15-10)9-4-3-6-13-7-9/h8-9,13H,2-7H2,1H3,(H,14,16). The van der Waals surface area contributed by atoms with E-state index in [-0.39, 0.29) is 5.91 Å². The fraction of sp³-hybridized carbons (Fsp3) is 0.667. The summed E-state index contributed by atoms with van der Waals surface area (Å²) >= 11 is 0. The van der Waals surface area contributed by atoms with E-state index in [0.29, 0.717) is 24.0 Å². The minimum absolute atomic E-state index is 0.148. The molecular formula is C12H19N3O2. The van der Waals surface area contributed by atoms with Crippen LogP contribution in [0, 0.1) is 0 Å². The van der Waals surface area contributed by atoms with E-state index in [1.165, 1.54) is 6.26 Å². The van der Waals surface area contributed by atoms with Gasteiger partial charge >= 0.3 is 0 Å². The van der Waals surface area contributed by atoms with E-state index in [1.54, 1.807) is 0 Å². The Morgan fingerprint density at radius 3 is 3.29 bits per heavy atom. The molecule has 94 valence electrons. The lowest BCUT2D eigenvalue weighted by molar-refractivity contribution is 0.0948. The van der Waals surface area contributed by atoms with Gasteiger partial charge in [-0.25, -0.2) is 4.98 Å². The van der Waals surface area contributed by atoms with Gasteiger partial charge < -0.3 is 15.1 Å². The molecule has 2 heterocycles.